The lowest BCUT2D eigenvalue weighted by Crippen LogP contribution is -2.17. The van der Waals surface area contributed by atoms with Gasteiger partial charge in [-0.2, -0.15) is 5.26 Å². The van der Waals surface area contributed by atoms with Crippen LogP contribution in [0.2, 0.25) is 0 Å². The maximum Gasteiger partial charge on any atom is 0.0991 e. The smallest absolute Gasteiger partial charge is 0.0991 e. The van der Waals surface area contributed by atoms with Crippen molar-refractivity contribution in [2.75, 3.05) is 17.7 Å². The van der Waals surface area contributed by atoms with Crippen molar-refractivity contribution in [1.82, 2.24) is 0 Å². The van der Waals surface area contributed by atoms with Crippen LogP contribution in [0.5, 0.6) is 0 Å². The highest BCUT2D eigenvalue weighted by Crippen LogP contribution is 2.19. The number of nitrogens with two attached hydrogens (primary N) is 1. The van der Waals surface area contributed by atoms with Crippen LogP contribution < -0.4 is 10.6 Å². The maximum absolute atomic E-state index is 8.76. The number of nitriles is 1. The van der Waals surface area contributed by atoms with E-state index in [4.69, 9.17) is 11.0 Å². The van der Waals surface area contributed by atoms with Gasteiger partial charge in [0, 0.05) is 25.0 Å². The molecule has 2 aromatic rings. The summed E-state index contributed by atoms with van der Waals surface area (Å²) in [6.07, 6.45) is 0. The molecule has 0 saturated heterocycles. The summed E-state index contributed by atoms with van der Waals surface area (Å²) in [5.74, 6) is 0. The number of benzene rings is 2. The summed E-state index contributed by atoms with van der Waals surface area (Å²) in [6, 6.07) is 17.5. The molecule has 2 aromatic carbocycles. The van der Waals surface area contributed by atoms with Crippen molar-refractivity contribution in [1.29, 1.82) is 5.26 Å². The van der Waals surface area contributed by atoms with Gasteiger partial charge in [0.2, 0.25) is 0 Å². The van der Waals surface area contributed by atoms with Crippen molar-refractivity contribution >= 4 is 11.4 Å². The van der Waals surface area contributed by atoms with Crippen molar-refractivity contribution < 1.29 is 0 Å². The Morgan fingerprint density at radius 1 is 1.11 bits per heavy atom. The van der Waals surface area contributed by atoms with Crippen molar-refractivity contribution in [2.24, 2.45) is 0 Å². The second-order valence-electron chi connectivity index (χ2n) is 4.21. The molecule has 0 aliphatic carbocycles. The molecule has 0 unspecified atom stereocenters. The number of para-hydroxylation sites is 1. The van der Waals surface area contributed by atoms with E-state index in [0.717, 1.165) is 23.5 Å². The van der Waals surface area contributed by atoms with Gasteiger partial charge in [-0.05, 0) is 35.9 Å². The summed E-state index contributed by atoms with van der Waals surface area (Å²) in [5, 5.41) is 8.76. The summed E-state index contributed by atoms with van der Waals surface area (Å²) in [5.41, 5.74) is 9.57. The molecule has 18 heavy (non-hydrogen) atoms. The number of rotatable bonds is 3. The number of nitrogens with zero attached hydrogens (tertiary/aromatic N) is 2. The van der Waals surface area contributed by atoms with Crippen LogP contribution in [0, 0.1) is 11.3 Å². The van der Waals surface area contributed by atoms with Crippen LogP contribution in [0.15, 0.2) is 48.5 Å². The second-order valence-corrected chi connectivity index (χ2v) is 4.21. The minimum absolute atomic E-state index is 0.673. The van der Waals surface area contributed by atoms with Crippen LogP contribution in [-0.4, -0.2) is 7.05 Å². The lowest BCUT2D eigenvalue weighted by molar-refractivity contribution is 0.925. The lowest BCUT2D eigenvalue weighted by atomic mass is 10.1. The van der Waals surface area contributed by atoms with Crippen LogP contribution >= 0.6 is 0 Å². The molecule has 0 amide bonds. The van der Waals surface area contributed by atoms with Crippen molar-refractivity contribution in [3.63, 3.8) is 0 Å². The topological polar surface area (TPSA) is 53.0 Å². The Kier molecular flexibility index (Phi) is 3.49. The molecule has 0 fully saturated rings. The highest BCUT2D eigenvalue weighted by Gasteiger charge is 2.04. The fraction of sp³-hybridized carbons (Fsp3) is 0.133. The molecule has 0 heterocycles. The van der Waals surface area contributed by atoms with Gasteiger partial charge in [-0.3, -0.25) is 0 Å². The Balaban J connectivity index is 2.15. The van der Waals surface area contributed by atoms with Gasteiger partial charge in [-0.25, -0.2) is 0 Å². The van der Waals surface area contributed by atoms with E-state index in [2.05, 4.69) is 11.0 Å². The van der Waals surface area contributed by atoms with E-state index in [9.17, 15) is 0 Å². The fourth-order valence-electron chi connectivity index (χ4n) is 1.82. The van der Waals surface area contributed by atoms with E-state index in [1.807, 2.05) is 55.6 Å². The minimum atomic E-state index is 0.673. The first-order valence-corrected chi connectivity index (χ1v) is 5.75. The van der Waals surface area contributed by atoms with Gasteiger partial charge in [0.05, 0.1) is 11.6 Å². The third-order valence-corrected chi connectivity index (χ3v) is 2.90. The highest BCUT2D eigenvalue weighted by atomic mass is 15.1. The van der Waals surface area contributed by atoms with Gasteiger partial charge in [0.15, 0.2) is 0 Å². The molecule has 0 radical (unpaired) electrons. The zero-order valence-electron chi connectivity index (χ0n) is 10.3. The highest BCUT2D eigenvalue weighted by molar-refractivity contribution is 5.53. The molecule has 0 saturated carbocycles. The Hall–Kier alpha value is -2.47. The van der Waals surface area contributed by atoms with E-state index in [-0.39, 0.29) is 0 Å². The number of hydrogen-bond acceptors (Lipinski definition) is 3. The Morgan fingerprint density at radius 3 is 2.39 bits per heavy atom. The van der Waals surface area contributed by atoms with Crippen LogP contribution in [0.25, 0.3) is 0 Å². The molecule has 0 spiro atoms. The summed E-state index contributed by atoms with van der Waals surface area (Å²) < 4.78 is 0. The molecule has 2 N–H and O–H groups in total. The second kappa shape index (κ2) is 5.24. The van der Waals surface area contributed by atoms with Gasteiger partial charge in [0.1, 0.15) is 0 Å². The van der Waals surface area contributed by atoms with E-state index < -0.39 is 0 Å². The lowest BCUT2D eigenvalue weighted by Gasteiger charge is -2.20. The van der Waals surface area contributed by atoms with Gasteiger partial charge >= 0.3 is 0 Å². The number of anilines is 2. The van der Waals surface area contributed by atoms with Gasteiger partial charge in [0.25, 0.3) is 0 Å². The normalized spacial score (nSPS) is 9.78. The predicted octanol–water partition coefficient (Wildman–Crippen LogP) is 2.78. The average Bonchev–Trinajstić information content (AvgIpc) is 2.41. The zero-order valence-corrected chi connectivity index (χ0v) is 10.3. The van der Waals surface area contributed by atoms with Crippen LogP contribution in [0.4, 0.5) is 11.4 Å². The third kappa shape index (κ3) is 2.61. The van der Waals surface area contributed by atoms with Gasteiger partial charge in [-0.1, -0.05) is 18.2 Å². The molecule has 0 aliphatic heterocycles. The maximum atomic E-state index is 8.76. The van der Waals surface area contributed by atoms with E-state index in [0.29, 0.717) is 5.56 Å². The van der Waals surface area contributed by atoms with Crippen LogP contribution in [-0.2, 0) is 6.54 Å². The zero-order chi connectivity index (χ0) is 13.0. The summed E-state index contributed by atoms with van der Waals surface area (Å²) in [4.78, 5) is 2.10. The summed E-state index contributed by atoms with van der Waals surface area (Å²) in [6.45, 7) is 0.749. The Labute approximate surface area is 107 Å². The minimum Gasteiger partial charge on any atom is -0.398 e. The fourth-order valence-corrected chi connectivity index (χ4v) is 1.82. The summed E-state index contributed by atoms with van der Waals surface area (Å²) >= 11 is 0. The van der Waals surface area contributed by atoms with Crippen LogP contribution in [0.3, 0.4) is 0 Å². The van der Waals surface area contributed by atoms with Gasteiger partial charge in [-0.15, -0.1) is 0 Å². The molecule has 0 atom stereocenters. The largest absolute Gasteiger partial charge is 0.398 e. The molecule has 90 valence electrons. The Morgan fingerprint density at radius 2 is 1.78 bits per heavy atom. The summed E-state index contributed by atoms with van der Waals surface area (Å²) in [7, 11) is 2.01. The standard InChI is InChI=1S/C15H15N3/c1-18(11-13-4-2-3-5-15(13)17)14-8-6-12(10-16)7-9-14/h2-9H,11,17H2,1H3. The van der Waals surface area contributed by atoms with E-state index in [1.54, 1.807) is 0 Å². The SMILES string of the molecule is CN(Cc1ccccc1N)c1ccc(C#N)cc1. The first kappa shape index (κ1) is 12.0. The molecule has 3 nitrogen and oxygen atoms in total. The molecule has 2 rings (SSSR count). The monoisotopic (exact) mass is 237 g/mol. The van der Waals surface area contributed by atoms with Crippen molar-refractivity contribution in [2.45, 2.75) is 6.54 Å². The van der Waals surface area contributed by atoms with Gasteiger partial charge < -0.3 is 10.6 Å². The molecule has 3 heteroatoms. The molecule has 0 aromatic heterocycles. The van der Waals surface area contributed by atoms with E-state index >= 15 is 0 Å². The average molecular weight is 237 g/mol. The third-order valence-electron chi connectivity index (χ3n) is 2.90. The first-order chi connectivity index (χ1) is 8.70. The molecule has 0 bridgehead atoms. The quantitative estimate of drug-likeness (QED) is 0.835. The first-order valence-electron chi connectivity index (χ1n) is 5.75. The number of nitrogen functional groups attached to an aromatic ring is 1. The van der Waals surface area contributed by atoms with E-state index in [1.165, 1.54) is 0 Å². The van der Waals surface area contributed by atoms with Crippen molar-refractivity contribution in [3.8, 4) is 6.07 Å². The molecular weight excluding hydrogens is 222 g/mol. The number of hydrogen-bond donors (Lipinski definition) is 1. The van der Waals surface area contributed by atoms with Crippen molar-refractivity contribution in [3.05, 3.63) is 59.7 Å². The Bertz CT molecular complexity index is 567. The predicted molar refractivity (Wildman–Crippen MR) is 74.1 cm³/mol. The molecular formula is C15H15N3. The molecule has 0 aliphatic rings. The van der Waals surface area contributed by atoms with Crippen LogP contribution in [0.1, 0.15) is 11.1 Å².